The van der Waals surface area contributed by atoms with Crippen molar-refractivity contribution in [2.24, 2.45) is 0 Å². The Morgan fingerprint density at radius 3 is 0.583 bits per heavy atom. The minimum atomic E-state index is -5.39. The van der Waals surface area contributed by atoms with Gasteiger partial charge in [-0.3, -0.25) is 0 Å². The summed E-state index contributed by atoms with van der Waals surface area (Å²) in [6, 6.07) is 0. The molecule has 0 aromatic heterocycles. The molecule has 8 nitrogen and oxygen atoms in total. The molecule has 0 saturated carbocycles. The number of hydrogen-bond donors (Lipinski definition) is 0. The predicted molar refractivity (Wildman–Crippen MR) is 15.2 cm³/mol. The van der Waals surface area contributed by atoms with E-state index >= 15 is 0 Å². The van der Waals surface area contributed by atoms with Crippen molar-refractivity contribution in [2.75, 3.05) is 0 Å². The number of rotatable bonds is 0. The molecule has 0 spiro atoms. The maximum absolute atomic E-state index is 8.55. The molecule has 0 unspecified atom stereocenters. The molecule has 0 radical (unpaired) electrons. The summed E-state index contributed by atoms with van der Waals surface area (Å²) in [5.74, 6) is 0. The summed E-state index contributed by atoms with van der Waals surface area (Å²) >= 11 is 0. The van der Waals surface area contributed by atoms with E-state index in [1.54, 1.807) is 0 Å². The van der Waals surface area contributed by atoms with Gasteiger partial charge in [-0.2, -0.15) is 15.6 Å². The largest absolute Gasteiger partial charge is 2.00 e. The van der Waals surface area contributed by atoms with Crippen LogP contribution in [0.25, 0.3) is 0 Å². The van der Waals surface area contributed by atoms with Crippen LogP contribution in [0.15, 0.2) is 0 Å². The Balaban J connectivity index is -0.0000000457. The molecule has 80 valence electrons. The van der Waals surface area contributed by atoms with Crippen molar-refractivity contribution in [1.29, 1.82) is 0 Å². The molecule has 0 atom stereocenters. The van der Waals surface area contributed by atoms with E-state index in [0.717, 1.165) is 0 Å². The van der Waals surface area contributed by atoms with E-state index in [4.69, 9.17) is 38.5 Å². The van der Waals surface area contributed by atoms with Gasteiger partial charge in [-0.1, -0.05) is 0 Å². The standard InChI is InChI=1S/2Ni.2H3O4P/c;;2*1-5(2,3)4/h;;2*(H3,1,2,3,4)/q2*+2;;/p-6. The first-order chi connectivity index (χ1) is 4.00. The first kappa shape index (κ1) is 23.2. The summed E-state index contributed by atoms with van der Waals surface area (Å²) < 4.78 is 17.1. The summed E-state index contributed by atoms with van der Waals surface area (Å²) in [5, 5.41) is 0. The molecule has 0 N–H and O–H groups in total. The minimum absolute atomic E-state index is 0. The topological polar surface area (TPSA) is 172 Å². The van der Waals surface area contributed by atoms with Crippen molar-refractivity contribution >= 4 is 15.6 Å². The van der Waals surface area contributed by atoms with Crippen LogP contribution in [0.5, 0.6) is 0 Å². The van der Waals surface area contributed by atoms with Crippen molar-refractivity contribution in [2.45, 2.75) is 0 Å². The molecule has 12 heavy (non-hydrogen) atoms. The van der Waals surface area contributed by atoms with E-state index in [9.17, 15) is 0 Å². The Labute approximate surface area is 87.3 Å². The van der Waals surface area contributed by atoms with E-state index in [1.165, 1.54) is 0 Å². The Bertz CT molecular complexity index is 127. The summed E-state index contributed by atoms with van der Waals surface area (Å²) in [6.07, 6.45) is 0. The van der Waals surface area contributed by atoms with Crippen LogP contribution >= 0.6 is 15.6 Å². The van der Waals surface area contributed by atoms with Gasteiger partial charge in [-0.05, 0) is 0 Å². The Morgan fingerprint density at radius 2 is 0.583 bits per heavy atom. The SMILES string of the molecule is O=P([O-])([O-])[O-].O=P([O-])([O-])[O-].[Ni+2].[Ni+2]. The molecule has 0 aliphatic carbocycles. The fourth-order valence-electron chi connectivity index (χ4n) is 0. The van der Waals surface area contributed by atoms with E-state index in [-0.39, 0.29) is 33.0 Å². The maximum atomic E-state index is 8.55. The molecule has 0 aliphatic rings. The van der Waals surface area contributed by atoms with Crippen LogP contribution in [0.2, 0.25) is 0 Å². The average molecular weight is 307 g/mol. The molecule has 0 aliphatic heterocycles. The third-order valence-electron chi connectivity index (χ3n) is 0. The van der Waals surface area contributed by atoms with Gasteiger partial charge in [-0.15, -0.1) is 0 Å². The third kappa shape index (κ3) is 801. The molecule has 0 saturated heterocycles. The molecule has 0 bridgehead atoms. The maximum Gasteiger partial charge on any atom is 2.00 e. The van der Waals surface area contributed by atoms with Gasteiger partial charge in [0.15, 0.2) is 0 Å². The second-order valence-corrected chi connectivity index (χ2v) is 2.68. The summed E-state index contributed by atoms with van der Waals surface area (Å²) in [6.45, 7) is 0. The quantitative estimate of drug-likeness (QED) is 0.314. The van der Waals surface area contributed by atoms with Crippen molar-refractivity contribution in [1.82, 2.24) is 0 Å². The Hall–Kier alpha value is 1.21. The summed E-state index contributed by atoms with van der Waals surface area (Å²) in [4.78, 5) is 51.3. The molecule has 0 fully saturated rings. The molecule has 0 aromatic carbocycles. The van der Waals surface area contributed by atoms with Crippen LogP contribution in [0, 0.1) is 0 Å². The molecule has 12 heteroatoms. The molecule has 0 heterocycles. The zero-order chi connectivity index (χ0) is 9.00. The second-order valence-electron chi connectivity index (χ2n) is 0.894. The average Bonchev–Trinajstić information content (AvgIpc) is 1.12. The fourth-order valence-corrected chi connectivity index (χ4v) is 0. The van der Waals surface area contributed by atoms with Crippen LogP contribution in [-0.4, -0.2) is 0 Å². The molecule has 0 rings (SSSR count). The van der Waals surface area contributed by atoms with Gasteiger partial charge in [0.2, 0.25) is 0 Å². The van der Waals surface area contributed by atoms with Gasteiger partial charge >= 0.3 is 33.0 Å². The van der Waals surface area contributed by atoms with Gasteiger partial charge in [0, 0.05) is 0 Å². The normalized spacial score (nSPS) is 9.83. The molecular formula is Ni2O8P2-2. The van der Waals surface area contributed by atoms with Gasteiger partial charge in [0.05, 0.1) is 0 Å². The van der Waals surface area contributed by atoms with Crippen LogP contribution < -0.4 is 29.4 Å². The van der Waals surface area contributed by atoms with Crippen LogP contribution in [0.1, 0.15) is 0 Å². The van der Waals surface area contributed by atoms with Crippen molar-refractivity contribution in [3.8, 4) is 0 Å². The van der Waals surface area contributed by atoms with Gasteiger partial charge in [0.1, 0.15) is 0 Å². The van der Waals surface area contributed by atoms with Crippen LogP contribution in [0.4, 0.5) is 0 Å². The van der Waals surface area contributed by atoms with Gasteiger partial charge in [0.25, 0.3) is 0 Å². The molecule has 0 aromatic rings. The van der Waals surface area contributed by atoms with E-state index in [2.05, 4.69) is 0 Å². The van der Waals surface area contributed by atoms with Crippen LogP contribution in [0.3, 0.4) is 0 Å². The van der Waals surface area contributed by atoms with Crippen molar-refractivity contribution < 1.29 is 71.5 Å². The monoisotopic (exact) mass is 306 g/mol. The van der Waals surface area contributed by atoms with Crippen LogP contribution in [-0.2, 0) is 42.1 Å². The first-order valence-corrected chi connectivity index (χ1v) is 4.38. The van der Waals surface area contributed by atoms with E-state index in [1.807, 2.05) is 0 Å². The first-order valence-electron chi connectivity index (χ1n) is 1.46. The zero-order valence-electron chi connectivity index (χ0n) is 4.79. The Morgan fingerprint density at radius 1 is 0.583 bits per heavy atom. The molecular weight excluding hydrogens is 307 g/mol. The van der Waals surface area contributed by atoms with Crippen molar-refractivity contribution in [3.05, 3.63) is 0 Å². The molecule has 0 amide bonds. The predicted octanol–water partition coefficient (Wildman–Crippen LogP) is -5.65. The summed E-state index contributed by atoms with van der Waals surface area (Å²) in [7, 11) is -10.8. The second kappa shape index (κ2) is 8.79. The number of hydrogen-bond acceptors (Lipinski definition) is 8. The summed E-state index contributed by atoms with van der Waals surface area (Å²) in [5.41, 5.74) is 0. The smallest absolute Gasteiger partial charge is 0.822 e. The minimum Gasteiger partial charge on any atom is -0.822 e. The van der Waals surface area contributed by atoms with Gasteiger partial charge in [-0.25, -0.2) is 0 Å². The Kier molecular flexibility index (Phi) is 17.0. The third-order valence-corrected chi connectivity index (χ3v) is 0. The van der Waals surface area contributed by atoms with E-state index in [0.29, 0.717) is 0 Å². The number of phosphoric acid groups is 2. The fraction of sp³-hybridized carbons (Fsp3) is 0. The van der Waals surface area contributed by atoms with Crippen molar-refractivity contribution in [3.63, 3.8) is 0 Å². The van der Waals surface area contributed by atoms with E-state index < -0.39 is 15.6 Å². The zero-order valence-corrected chi connectivity index (χ0v) is 8.56. The van der Waals surface area contributed by atoms with Gasteiger partial charge < -0.3 is 38.5 Å².